The fraction of sp³-hybridized carbons (Fsp3) is 0.846. The number of rotatable bonds is 4. The van der Waals surface area contributed by atoms with E-state index in [2.05, 4.69) is 4.90 Å². The van der Waals surface area contributed by atoms with Crippen molar-refractivity contribution in [3.8, 4) is 0 Å². The van der Waals surface area contributed by atoms with Crippen molar-refractivity contribution in [3.05, 3.63) is 0 Å². The Balaban J connectivity index is 1.92. The molecule has 0 amide bonds. The van der Waals surface area contributed by atoms with Crippen LogP contribution in [-0.2, 0) is 14.3 Å². The Kier molecular flexibility index (Phi) is 4.15. The van der Waals surface area contributed by atoms with E-state index in [1.54, 1.807) is 0 Å². The number of ketones is 1. The molecule has 1 aliphatic carbocycles. The van der Waals surface area contributed by atoms with Gasteiger partial charge in [-0.1, -0.05) is 0 Å². The van der Waals surface area contributed by atoms with Crippen molar-refractivity contribution < 1.29 is 14.3 Å². The van der Waals surface area contributed by atoms with Crippen molar-refractivity contribution in [2.45, 2.75) is 45.1 Å². The maximum Gasteiger partial charge on any atom is 0.320 e. The van der Waals surface area contributed by atoms with Crippen LogP contribution in [0, 0.1) is 5.92 Å². The standard InChI is InChI=1S/C13H21NO3/c1-2-17-13(16)9-14-8-4-6-11(14)10-5-3-7-12(10)15/h10-11H,2-9H2,1H3. The maximum absolute atomic E-state index is 11.8. The first kappa shape index (κ1) is 12.6. The van der Waals surface area contributed by atoms with Gasteiger partial charge >= 0.3 is 5.97 Å². The van der Waals surface area contributed by atoms with Crippen molar-refractivity contribution in [3.63, 3.8) is 0 Å². The number of hydrogen-bond acceptors (Lipinski definition) is 4. The van der Waals surface area contributed by atoms with Gasteiger partial charge in [0.05, 0.1) is 13.2 Å². The van der Waals surface area contributed by atoms with Crippen LogP contribution in [0.1, 0.15) is 39.0 Å². The molecule has 96 valence electrons. The summed E-state index contributed by atoms with van der Waals surface area (Å²) in [5.74, 6) is 0.405. The highest BCUT2D eigenvalue weighted by molar-refractivity contribution is 5.83. The fourth-order valence-electron chi connectivity index (χ4n) is 3.13. The lowest BCUT2D eigenvalue weighted by Crippen LogP contribution is -2.40. The van der Waals surface area contributed by atoms with E-state index in [1.807, 2.05) is 6.92 Å². The number of Topliss-reactive ketones (excluding diaryl/α,β-unsaturated/α-hetero) is 1. The van der Waals surface area contributed by atoms with E-state index in [-0.39, 0.29) is 17.9 Å². The number of hydrogen-bond donors (Lipinski definition) is 0. The summed E-state index contributed by atoms with van der Waals surface area (Å²) in [5, 5.41) is 0. The molecule has 0 N–H and O–H groups in total. The van der Waals surface area contributed by atoms with Crippen LogP contribution in [0.25, 0.3) is 0 Å². The van der Waals surface area contributed by atoms with Crippen molar-refractivity contribution >= 4 is 11.8 Å². The molecule has 2 fully saturated rings. The molecule has 0 aromatic carbocycles. The highest BCUT2D eigenvalue weighted by Crippen LogP contribution is 2.32. The second-order valence-corrected chi connectivity index (χ2v) is 4.95. The van der Waals surface area contributed by atoms with Gasteiger partial charge in [-0.05, 0) is 39.2 Å². The molecule has 1 saturated carbocycles. The number of ether oxygens (including phenoxy) is 1. The monoisotopic (exact) mass is 239 g/mol. The molecule has 2 aliphatic rings. The molecule has 4 nitrogen and oxygen atoms in total. The number of esters is 1. The van der Waals surface area contributed by atoms with Crippen LogP contribution >= 0.6 is 0 Å². The second kappa shape index (κ2) is 5.63. The van der Waals surface area contributed by atoms with Crippen molar-refractivity contribution in [2.75, 3.05) is 19.7 Å². The Labute approximate surface area is 102 Å². The summed E-state index contributed by atoms with van der Waals surface area (Å²) in [5.41, 5.74) is 0. The Morgan fingerprint density at radius 3 is 2.88 bits per heavy atom. The molecular formula is C13H21NO3. The van der Waals surface area contributed by atoms with Crippen LogP contribution in [0.3, 0.4) is 0 Å². The molecule has 17 heavy (non-hydrogen) atoms. The Morgan fingerprint density at radius 1 is 1.41 bits per heavy atom. The van der Waals surface area contributed by atoms with Crippen LogP contribution in [0.2, 0.25) is 0 Å². The summed E-state index contributed by atoms with van der Waals surface area (Å²) in [6, 6.07) is 0.286. The lowest BCUT2D eigenvalue weighted by Gasteiger charge is -2.27. The summed E-state index contributed by atoms with van der Waals surface area (Å²) in [4.78, 5) is 25.4. The molecule has 1 saturated heterocycles. The quantitative estimate of drug-likeness (QED) is 0.695. The second-order valence-electron chi connectivity index (χ2n) is 4.95. The lowest BCUT2D eigenvalue weighted by molar-refractivity contribution is -0.145. The van der Waals surface area contributed by atoms with Gasteiger partial charge in [0.25, 0.3) is 0 Å². The molecule has 2 rings (SSSR count). The van der Waals surface area contributed by atoms with Gasteiger partial charge in [-0.25, -0.2) is 0 Å². The Morgan fingerprint density at radius 2 is 2.24 bits per heavy atom. The van der Waals surface area contributed by atoms with E-state index in [0.717, 1.165) is 38.6 Å². The minimum atomic E-state index is -0.162. The fourth-order valence-corrected chi connectivity index (χ4v) is 3.13. The van der Waals surface area contributed by atoms with E-state index in [9.17, 15) is 9.59 Å². The van der Waals surface area contributed by atoms with E-state index in [4.69, 9.17) is 4.74 Å². The first-order valence-corrected chi connectivity index (χ1v) is 6.64. The zero-order chi connectivity index (χ0) is 12.3. The van der Waals surface area contributed by atoms with Crippen molar-refractivity contribution in [2.24, 2.45) is 5.92 Å². The molecule has 2 atom stereocenters. The van der Waals surface area contributed by atoms with Crippen LogP contribution in [-0.4, -0.2) is 42.4 Å². The third kappa shape index (κ3) is 2.86. The third-order valence-corrected chi connectivity index (χ3v) is 3.87. The van der Waals surface area contributed by atoms with Gasteiger partial charge in [0.1, 0.15) is 5.78 Å². The summed E-state index contributed by atoms with van der Waals surface area (Å²) in [7, 11) is 0. The lowest BCUT2D eigenvalue weighted by atomic mass is 9.95. The summed E-state index contributed by atoms with van der Waals surface area (Å²) in [6.45, 7) is 3.52. The van der Waals surface area contributed by atoms with Gasteiger partial charge in [0.2, 0.25) is 0 Å². The number of likely N-dealkylation sites (tertiary alicyclic amines) is 1. The molecule has 0 spiro atoms. The van der Waals surface area contributed by atoms with Gasteiger partial charge in [-0.3, -0.25) is 14.5 Å². The average molecular weight is 239 g/mol. The Bertz CT molecular complexity index is 303. The molecule has 2 unspecified atom stereocenters. The van der Waals surface area contributed by atoms with Gasteiger partial charge in [0.15, 0.2) is 0 Å². The van der Waals surface area contributed by atoms with Gasteiger partial charge in [-0.15, -0.1) is 0 Å². The predicted octanol–water partition coefficient (Wildman–Crippen LogP) is 1.38. The zero-order valence-electron chi connectivity index (χ0n) is 10.5. The van der Waals surface area contributed by atoms with Crippen LogP contribution < -0.4 is 0 Å². The first-order valence-electron chi connectivity index (χ1n) is 6.64. The van der Waals surface area contributed by atoms with E-state index in [1.165, 1.54) is 0 Å². The van der Waals surface area contributed by atoms with E-state index >= 15 is 0 Å². The van der Waals surface area contributed by atoms with Crippen molar-refractivity contribution in [1.29, 1.82) is 0 Å². The summed E-state index contributed by atoms with van der Waals surface area (Å²) in [6.07, 6.45) is 4.90. The molecular weight excluding hydrogens is 218 g/mol. The van der Waals surface area contributed by atoms with Gasteiger partial charge in [-0.2, -0.15) is 0 Å². The summed E-state index contributed by atoms with van der Waals surface area (Å²) < 4.78 is 4.98. The molecule has 0 aromatic rings. The van der Waals surface area contributed by atoms with E-state index in [0.29, 0.717) is 18.9 Å². The molecule has 0 bridgehead atoms. The zero-order valence-corrected chi connectivity index (χ0v) is 10.5. The van der Waals surface area contributed by atoms with Crippen LogP contribution in [0.15, 0.2) is 0 Å². The largest absolute Gasteiger partial charge is 0.465 e. The highest BCUT2D eigenvalue weighted by atomic mass is 16.5. The van der Waals surface area contributed by atoms with Gasteiger partial charge in [0, 0.05) is 18.4 Å². The number of carbonyl (C=O) groups excluding carboxylic acids is 2. The first-order chi connectivity index (χ1) is 8.22. The molecule has 0 radical (unpaired) electrons. The van der Waals surface area contributed by atoms with Crippen LogP contribution in [0.4, 0.5) is 0 Å². The summed E-state index contributed by atoms with van der Waals surface area (Å²) >= 11 is 0. The number of carbonyl (C=O) groups is 2. The third-order valence-electron chi connectivity index (χ3n) is 3.87. The normalized spacial score (nSPS) is 29.8. The predicted molar refractivity (Wildman–Crippen MR) is 63.6 cm³/mol. The minimum absolute atomic E-state index is 0.162. The Hall–Kier alpha value is -0.900. The molecule has 4 heteroatoms. The maximum atomic E-state index is 11.8. The molecule has 1 aliphatic heterocycles. The van der Waals surface area contributed by atoms with E-state index < -0.39 is 0 Å². The highest BCUT2D eigenvalue weighted by Gasteiger charge is 2.38. The molecule has 0 aromatic heterocycles. The van der Waals surface area contributed by atoms with Crippen molar-refractivity contribution in [1.82, 2.24) is 4.90 Å². The van der Waals surface area contributed by atoms with Gasteiger partial charge < -0.3 is 4.74 Å². The topological polar surface area (TPSA) is 46.6 Å². The smallest absolute Gasteiger partial charge is 0.320 e. The van der Waals surface area contributed by atoms with Crippen LogP contribution in [0.5, 0.6) is 0 Å². The average Bonchev–Trinajstić information content (AvgIpc) is 2.87. The number of nitrogens with zero attached hydrogens (tertiary/aromatic N) is 1. The SMILES string of the molecule is CCOC(=O)CN1CCCC1C1CCCC1=O. The minimum Gasteiger partial charge on any atom is -0.465 e. The molecule has 1 heterocycles.